The molecule has 2 N–H and O–H groups in total. The van der Waals surface area contributed by atoms with E-state index in [1.54, 1.807) is 10.9 Å². The van der Waals surface area contributed by atoms with Crippen molar-refractivity contribution in [1.82, 2.24) is 20.6 Å². The maximum Gasteiger partial charge on any atom is 0.283 e. The Kier molecular flexibility index (Phi) is 6.14. The van der Waals surface area contributed by atoms with Crippen molar-refractivity contribution in [2.24, 2.45) is 0 Å². The lowest BCUT2D eigenvalue weighted by atomic mass is 10.1. The molecule has 1 aromatic heterocycles. The van der Waals surface area contributed by atoms with Crippen molar-refractivity contribution in [3.8, 4) is 16.9 Å². The molecule has 1 heterocycles. The van der Waals surface area contributed by atoms with Crippen LogP contribution in [0.3, 0.4) is 0 Å². The van der Waals surface area contributed by atoms with Crippen LogP contribution < -0.4 is 10.9 Å². The standard InChI is InChI=1S/C23H16ClN5O4/c24-16-11-12-18(20(13-16)29(32)33)22(30)25-26-23(31)19-14-28(17-9-5-2-6-10-17)27-21(19)15-7-3-1-4-8-15/h1-14H,(H,25,30)(H,26,31). The molecule has 0 saturated carbocycles. The summed E-state index contributed by atoms with van der Waals surface area (Å²) in [6, 6.07) is 22.0. The van der Waals surface area contributed by atoms with Crippen LogP contribution in [0, 0.1) is 10.1 Å². The van der Waals surface area contributed by atoms with Crippen LogP contribution in [-0.2, 0) is 0 Å². The zero-order valence-electron chi connectivity index (χ0n) is 16.9. The molecule has 0 saturated heterocycles. The molecule has 33 heavy (non-hydrogen) atoms. The first-order chi connectivity index (χ1) is 15.9. The SMILES string of the molecule is O=C(NNC(=O)c1cn(-c2ccccc2)nc1-c1ccccc1)c1ccc(Cl)cc1[N+](=O)[O-]. The summed E-state index contributed by atoms with van der Waals surface area (Å²) in [5, 5.41) is 15.9. The number of amides is 2. The lowest BCUT2D eigenvalue weighted by Crippen LogP contribution is -2.41. The van der Waals surface area contributed by atoms with Gasteiger partial charge in [-0.2, -0.15) is 5.10 Å². The van der Waals surface area contributed by atoms with E-state index in [9.17, 15) is 19.7 Å². The molecule has 10 heteroatoms. The van der Waals surface area contributed by atoms with Gasteiger partial charge in [0.2, 0.25) is 0 Å². The van der Waals surface area contributed by atoms with Crippen LogP contribution in [0.5, 0.6) is 0 Å². The molecule has 0 fully saturated rings. The van der Waals surface area contributed by atoms with Crippen molar-refractivity contribution in [3.05, 3.63) is 111 Å². The summed E-state index contributed by atoms with van der Waals surface area (Å²) in [6.45, 7) is 0. The van der Waals surface area contributed by atoms with E-state index < -0.39 is 22.4 Å². The van der Waals surface area contributed by atoms with Gasteiger partial charge in [-0.25, -0.2) is 4.68 Å². The van der Waals surface area contributed by atoms with Crippen LogP contribution in [-0.4, -0.2) is 26.5 Å². The van der Waals surface area contributed by atoms with Gasteiger partial charge in [0.25, 0.3) is 17.5 Å². The Balaban J connectivity index is 1.61. The van der Waals surface area contributed by atoms with Crippen LogP contribution in [0.25, 0.3) is 16.9 Å². The Morgan fingerprint density at radius 1 is 0.879 bits per heavy atom. The Labute approximate surface area is 192 Å². The maximum atomic E-state index is 13.0. The Morgan fingerprint density at radius 2 is 1.48 bits per heavy atom. The minimum atomic E-state index is -0.858. The number of nitrogens with zero attached hydrogens (tertiary/aromatic N) is 3. The average molecular weight is 462 g/mol. The number of hydrogen-bond acceptors (Lipinski definition) is 5. The van der Waals surface area contributed by atoms with Crippen molar-refractivity contribution in [2.45, 2.75) is 0 Å². The zero-order chi connectivity index (χ0) is 23.4. The Bertz CT molecular complexity index is 1340. The number of aromatic nitrogens is 2. The van der Waals surface area contributed by atoms with Gasteiger partial charge in [0.1, 0.15) is 11.3 Å². The molecule has 0 radical (unpaired) electrons. The highest BCUT2D eigenvalue weighted by Gasteiger charge is 2.23. The van der Waals surface area contributed by atoms with Crippen molar-refractivity contribution in [2.75, 3.05) is 0 Å². The normalized spacial score (nSPS) is 10.5. The molecule has 2 amide bonds. The topological polar surface area (TPSA) is 119 Å². The second-order valence-corrected chi connectivity index (χ2v) is 7.30. The van der Waals surface area contributed by atoms with Crippen LogP contribution in [0.1, 0.15) is 20.7 Å². The van der Waals surface area contributed by atoms with Crippen LogP contribution in [0.15, 0.2) is 85.1 Å². The number of nitrogens with one attached hydrogen (secondary N) is 2. The molecule has 0 atom stereocenters. The van der Waals surface area contributed by atoms with Gasteiger partial charge in [0, 0.05) is 22.8 Å². The van der Waals surface area contributed by atoms with E-state index in [0.717, 1.165) is 11.8 Å². The Hall–Kier alpha value is -4.50. The Morgan fingerprint density at radius 3 is 2.12 bits per heavy atom. The molecule has 0 aliphatic carbocycles. The second kappa shape index (κ2) is 9.33. The van der Waals surface area contributed by atoms with Gasteiger partial charge >= 0.3 is 0 Å². The fraction of sp³-hybridized carbons (Fsp3) is 0. The summed E-state index contributed by atoms with van der Waals surface area (Å²) in [6.07, 6.45) is 1.55. The monoisotopic (exact) mass is 461 g/mol. The zero-order valence-corrected chi connectivity index (χ0v) is 17.7. The minimum absolute atomic E-state index is 0.114. The molecule has 164 valence electrons. The summed E-state index contributed by atoms with van der Waals surface area (Å²) in [5.41, 5.74) is 5.86. The first-order valence-electron chi connectivity index (χ1n) is 9.69. The molecular formula is C23H16ClN5O4. The summed E-state index contributed by atoms with van der Waals surface area (Å²) >= 11 is 5.79. The molecule has 0 aliphatic heterocycles. The number of carbonyl (C=O) groups is 2. The van der Waals surface area contributed by atoms with Gasteiger partial charge in [-0.1, -0.05) is 60.1 Å². The van der Waals surface area contributed by atoms with Crippen LogP contribution in [0.4, 0.5) is 5.69 Å². The predicted octanol–water partition coefficient (Wildman–Crippen LogP) is 4.18. The summed E-state index contributed by atoms with van der Waals surface area (Å²) in [4.78, 5) is 36.0. The quantitative estimate of drug-likeness (QED) is 0.341. The number of rotatable bonds is 5. The molecular weight excluding hydrogens is 446 g/mol. The molecule has 4 rings (SSSR count). The minimum Gasteiger partial charge on any atom is -0.267 e. The number of hydrogen-bond donors (Lipinski definition) is 2. The number of para-hydroxylation sites is 1. The van der Waals surface area contributed by atoms with Crippen LogP contribution in [0.2, 0.25) is 5.02 Å². The fourth-order valence-corrected chi connectivity index (χ4v) is 3.32. The summed E-state index contributed by atoms with van der Waals surface area (Å²) in [7, 11) is 0. The van der Waals surface area contributed by atoms with E-state index in [4.69, 9.17) is 11.6 Å². The van der Waals surface area contributed by atoms with Crippen molar-refractivity contribution in [3.63, 3.8) is 0 Å². The second-order valence-electron chi connectivity index (χ2n) is 6.86. The number of nitro benzene ring substituents is 1. The van der Waals surface area contributed by atoms with Gasteiger partial charge in [0.15, 0.2) is 0 Å². The highest BCUT2D eigenvalue weighted by Crippen LogP contribution is 2.24. The van der Waals surface area contributed by atoms with E-state index in [1.807, 2.05) is 60.7 Å². The molecule has 4 aromatic rings. The number of hydrazine groups is 1. The van der Waals surface area contributed by atoms with Gasteiger partial charge < -0.3 is 0 Å². The molecule has 0 spiro atoms. The number of nitro groups is 1. The average Bonchev–Trinajstić information content (AvgIpc) is 3.29. The van der Waals surface area contributed by atoms with Crippen molar-refractivity contribution in [1.29, 1.82) is 0 Å². The van der Waals surface area contributed by atoms with E-state index in [-0.39, 0.29) is 16.1 Å². The van der Waals surface area contributed by atoms with Gasteiger partial charge in [-0.3, -0.25) is 30.6 Å². The van der Waals surface area contributed by atoms with E-state index >= 15 is 0 Å². The van der Waals surface area contributed by atoms with Gasteiger partial charge in [0.05, 0.1) is 16.2 Å². The third-order valence-corrected chi connectivity index (χ3v) is 4.95. The predicted molar refractivity (Wildman–Crippen MR) is 122 cm³/mol. The van der Waals surface area contributed by atoms with Crippen LogP contribution >= 0.6 is 11.6 Å². The molecule has 9 nitrogen and oxygen atoms in total. The first kappa shape index (κ1) is 21.7. The third kappa shape index (κ3) is 4.73. The smallest absolute Gasteiger partial charge is 0.267 e. The van der Waals surface area contributed by atoms with E-state index in [2.05, 4.69) is 16.0 Å². The van der Waals surface area contributed by atoms with Gasteiger partial charge in [-0.15, -0.1) is 0 Å². The highest BCUT2D eigenvalue weighted by molar-refractivity contribution is 6.31. The largest absolute Gasteiger partial charge is 0.283 e. The van der Waals surface area contributed by atoms with Crippen molar-refractivity contribution < 1.29 is 14.5 Å². The molecule has 0 unspecified atom stereocenters. The summed E-state index contributed by atoms with van der Waals surface area (Å²) in [5.74, 6) is -1.50. The van der Waals surface area contributed by atoms with E-state index in [1.165, 1.54) is 12.1 Å². The number of benzene rings is 3. The van der Waals surface area contributed by atoms with Gasteiger partial charge in [-0.05, 0) is 24.3 Å². The molecule has 3 aromatic carbocycles. The highest BCUT2D eigenvalue weighted by atomic mass is 35.5. The lowest BCUT2D eigenvalue weighted by Gasteiger charge is -2.08. The summed E-state index contributed by atoms with van der Waals surface area (Å²) < 4.78 is 1.56. The fourth-order valence-electron chi connectivity index (χ4n) is 3.16. The molecule has 0 bridgehead atoms. The maximum absolute atomic E-state index is 13.0. The lowest BCUT2D eigenvalue weighted by molar-refractivity contribution is -0.385. The number of carbonyl (C=O) groups excluding carboxylic acids is 2. The van der Waals surface area contributed by atoms with Crippen molar-refractivity contribution >= 4 is 29.1 Å². The van der Waals surface area contributed by atoms with E-state index in [0.29, 0.717) is 11.3 Å². The first-order valence-corrected chi connectivity index (χ1v) is 10.1. The molecule has 0 aliphatic rings. The number of halogens is 1. The third-order valence-electron chi connectivity index (χ3n) is 4.72.